The molecule has 2 aromatic rings. The summed E-state index contributed by atoms with van der Waals surface area (Å²) in [4.78, 5) is 14.4. The molecule has 0 atom stereocenters. The van der Waals surface area contributed by atoms with Crippen LogP contribution >= 0.6 is 22.6 Å². The SMILES string of the molecule is COc1ccc(I)c(N(Cc2ccccc2)C(=O)OC(C)(C)C)c1. The van der Waals surface area contributed by atoms with Crippen LogP contribution < -0.4 is 9.64 Å². The van der Waals surface area contributed by atoms with Crippen LogP contribution in [0.1, 0.15) is 26.3 Å². The van der Waals surface area contributed by atoms with E-state index >= 15 is 0 Å². The maximum atomic E-state index is 12.8. The first-order chi connectivity index (χ1) is 11.3. The highest BCUT2D eigenvalue weighted by Gasteiger charge is 2.25. The lowest BCUT2D eigenvalue weighted by Crippen LogP contribution is -2.37. The number of hydrogen-bond acceptors (Lipinski definition) is 3. The Morgan fingerprint density at radius 2 is 1.79 bits per heavy atom. The number of methoxy groups -OCH3 is 1. The largest absolute Gasteiger partial charge is 0.497 e. The molecule has 0 aliphatic heterocycles. The predicted molar refractivity (Wildman–Crippen MR) is 105 cm³/mol. The van der Waals surface area contributed by atoms with Gasteiger partial charge in [0.15, 0.2) is 0 Å². The van der Waals surface area contributed by atoms with Crippen molar-refractivity contribution in [1.82, 2.24) is 0 Å². The van der Waals surface area contributed by atoms with Crippen LogP contribution in [-0.4, -0.2) is 18.8 Å². The standard InChI is InChI=1S/C19H22INO3/c1-19(2,3)24-18(22)21(13-14-8-6-5-7-9-14)17-12-15(23-4)10-11-16(17)20/h5-12H,13H2,1-4H3. The van der Waals surface area contributed by atoms with Gasteiger partial charge in [0.2, 0.25) is 0 Å². The van der Waals surface area contributed by atoms with Crippen molar-refractivity contribution in [3.05, 3.63) is 57.7 Å². The van der Waals surface area contributed by atoms with Gasteiger partial charge in [0.25, 0.3) is 0 Å². The number of carbonyl (C=O) groups is 1. The zero-order valence-electron chi connectivity index (χ0n) is 14.4. The molecule has 0 aliphatic carbocycles. The Labute approximate surface area is 156 Å². The fourth-order valence-electron chi connectivity index (χ4n) is 2.16. The third-order valence-corrected chi connectivity index (χ3v) is 4.15. The molecule has 0 aliphatic rings. The molecule has 1 amide bonds. The van der Waals surface area contributed by atoms with Crippen LogP contribution in [0.2, 0.25) is 0 Å². The monoisotopic (exact) mass is 439 g/mol. The maximum absolute atomic E-state index is 12.8. The van der Waals surface area contributed by atoms with Gasteiger partial charge in [-0.1, -0.05) is 30.3 Å². The lowest BCUT2D eigenvalue weighted by molar-refractivity contribution is 0.0577. The second-order valence-corrected chi connectivity index (χ2v) is 7.53. The minimum atomic E-state index is -0.559. The molecule has 0 fully saturated rings. The van der Waals surface area contributed by atoms with Crippen molar-refractivity contribution in [3.8, 4) is 5.75 Å². The third kappa shape index (κ3) is 5.12. The Morgan fingerprint density at radius 1 is 1.12 bits per heavy atom. The molecular formula is C19H22INO3. The summed E-state index contributed by atoms with van der Waals surface area (Å²) in [5.41, 5.74) is 1.24. The highest BCUT2D eigenvalue weighted by molar-refractivity contribution is 14.1. The molecule has 0 heterocycles. The summed E-state index contributed by atoms with van der Waals surface area (Å²) in [5, 5.41) is 0. The van der Waals surface area contributed by atoms with E-state index in [9.17, 15) is 4.79 Å². The molecule has 2 rings (SSSR count). The van der Waals surface area contributed by atoms with Crippen molar-refractivity contribution in [1.29, 1.82) is 0 Å². The van der Waals surface area contributed by atoms with Crippen LogP contribution in [-0.2, 0) is 11.3 Å². The number of halogens is 1. The summed E-state index contributed by atoms with van der Waals surface area (Å²) >= 11 is 2.22. The Hall–Kier alpha value is -1.76. The summed E-state index contributed by atoms with van der Waals surface area (Å²) < 4.78 is 11.9. The smallest absolute Gasteiger partial charge is 0.415 e. The van der Waals surface area contributed by atoms with Crippen molar-refractivity contribution in [2.45, 2.75) is 32.9 Å². The maximum Gasteiger partial charge on any atom is 0.415 e. The van der Waals surface area contributed by atoms with Crippen LogP contribution in [0.25, 0.3) is 0 Å². The van der Waals surface area contributed by atoms with E-state index in [-0.39, 0.29) is 6.09 Å². The molecule has 0 bridgehead atoms. The first-order valence-corrected chi connectivity index (χ1v) is 8.76. The lowest BCUT2D eigenvalue weighted by atomic mass is 10.2. The van der Waals surface area contributed by atoms with Gasteiger partial charge < -0.3 is 9.47 Å². The molecule has 2 aromatic carbocycles. The Kier molecular flexibility index (Phi) is 6.10. The van der Waals surface area contributed by atoms with Crippen molar-refractivity contribution in [2.24, 2.45) is 0 Å². The zero-order valence-corrected chi connectivity index (χ0v) is 16.5. The first kappa shape index (κ1) is 18.6. The molecule has 0 radical (unpaired) electrons. The summed E-state index contributed by atoms with van der Waals surface area (Å²) in [6, 6.07) is 15.5. The zero-order chi connectivity index (χ0) is 17.7. The molecule has 0 N–H and O–H groups in total. The number of benzene rings is 2. The molecule has 0 saturated heterocycles. The Bertz CT molecular complexity index is 696. The number of anilines is 1. The first-order valence-electron chi connectivity index (χ1n) is 7.68. The number of amides is 1. The van der Waals surface area contributed by atoms with Crippen LogP contribution in [0.4, 0.5) is 10.5 Å². The van der Waals surface area contributed by atoms with Crippen molar-refractivity contribution < 1.29 is 14.3 Å². The average Bonchev–Trinajstić information content (AvgIpc) is 2.53. The number of nitrogens with zero attached hydrogens (tertiary/aromatic N) is 1. The summed E-state index contributed by atoms with van der Waals surface area (Å²) in [6.07, 6.45) is -0.377. The number of carbonyl (C=O) groups excluding carboxylic acids is 1. The molecule has 24 heavy (non-hydrogen) atoms. The van der Waals surface area contributed by atoms with Gasteiger partial charge in [0, 0.05) is 9.64 Å². The van der Waals surface area contributed by atoms with Gasteiger partial charge in [-0.3, -0.25) is 4.90 Å². The van der Waals surface area contributed by atoms with Crippen molar-refractivity contribution >= 4 is 34.4 Å². The van der Waals surface area contributed by atoms with Gasteiger partial charge >= 0.3 is 6.09 Å². The van der Waals surface area contributed by atoms with Gasteiger partial charge in [-0.05, 0) is 61.1 Å². The Balaban J connectivity index is 2.40. The van der Waals surface area contributed by atoms with Crippen molar-refractivity contribution in [2.75, 3.05) is 12.0 Å². The van der Waals surface area contributed by atoms with Crippen LogP contribution in [0.5, 0.6) is 5.75 Å². The van der Waals surface area contributed by atoms with E-state index in [0.717, 1.165) is 14.8 Å². The lowest BCUT2D eigenvalue weighted by Gasteiger charge is -2.28. The van der Waals surface area contributed by atoms with Gasteiger partial charge in [0.1, 0.15) is 11.4 Å². The minimum Gasteiger partial charge on any atom is -0.497 e. The second-order valence-electron chi connectivity index (χ2n) is 6.37. The third-order valence-electron chi connectivity index (χ3n) is 3.24. The molecule has 5 heteroatoms. The van der Waals surface area contributed by atoms with E-state index in [1.165, 1.54) is 0 Å². The molecule has 128 valence electrons. The van der Waals surface area contributed by atoms with E-state index < -0.39 is 5.60 Å². The fourth-order valence-corrected chi connectivity index (χ4v) is 2.78. The van der Waals surface area contributed by atoms with E-state index in [2.05, 4.69) is 22.6 Å². The van der Waals surface area contributed by atoms with E-state index in [1.54, 1.807) is 12.0 Å². The van der Waals surface area contributed by atoms with Crippen molar-refractivity contribution in [3.63, 3.8) is 0 Å². The fraction of sp³-hybridized carbons (Fsp3) is 0.316. The van der Waals surface area contributed by atoms with Crippen LogP contribution in [0.3, 0.4) is 0 Å². The van der Waals surface area contributed by atoms with Crippen LogP contribution in [0, 0.1) is 3.57 Å². The molecule has 0 unspecified atom stereocenters. The predicted octanol–water partition coefficient (Wildman–Crippen LogP) is 5.24. The normalized spacial score (nSPS) is 11.0. The summed E-state index contributed by atoms with van der Waals surface area (Å²) in [6.45, 7) is 6.02. The number of rotatable bonds is 4. The Morgan fingerprint density at radius 3 is 2.38 bits per heavy atom. The van der Waals surface area contributed by atoms with E-state index in [1.807, 2.05) is 69.3 Å². The van der Waals surface area contributed by atoms with Gasteiger partial charge in [-0.25, -0.2) is 4.79 Å². The molecule has 4 nitrogen and oxygen atoms in total. The van der Waals surface area contributed by atoms with Crippen LogP contribution in [0.15, 0.2) is 48.5 Å². The number of ether oxygens (including phenoxy) is 2. The molecule has 0 spiro atoms. The van der Waals surface area contributed by atoms with E-state index in [4.69, 9.17) is 9.47 Å². The highest BCUT2D eigenvalue weighted by atomic mass is 127. The quantitative estimate of drug-likeness (QED) is 0.612. The van der Waals surface area contributed by atoms with E-state index in [0.29, 0.717) is 12.3 Å². The second kappa shape index (κ2) is 7.88. The molecule has 0 aromatic heterocycles. The van der Waals surface area contributed by atoms with Gasteiger partial charge in [0.05, 0.1) is 19.3 Å². The minimum absolute atomic E-state index is 0.377. The molecular weight excluding hydrogens is 417 g/mol. The van der Waals surface area contributed by atoms with Gasteiger partial charge in [-0.15, -0.1) is 0 Å². The highest BCUT2D eigenvalue weighted by Crippen LogP contribution is 2.30. The van der Waals surface area contributed by atoms with Gasteiger partial charge in [-0.2, -0.15) is 0 Å². The average molecular weight is 439 g/mol. The molecule has 0 saturated carbocycles. The summed E-state index contributed by atoms with van der Waals surface area (Å²) in [7, 11) is 1.61. The number of hydrogen-bond donors (Lipinski definition) is 0. The summed E-state index contributed by atoms with van der Waals surface area (Å²) in [5.74, 6) is 0.701. The topological polar surface area (TPSA) is 38.8 Å².